The number of nitrogens with zero attached hydrogens (tertiary/aromatic N) is 1. The number of nitrogens with one attached hydrogen (secondary N) is 2. The van der Waals surface area contributed by atoms with Crippen LogP contribution in [0.2, 0.25) is 0 Å². The molecule has 174 valence electrons. The topological polar surface area (TPSA) is 97.0 Å². The van der Waals surface area contributed by atoms with Crippen LogP contribution in [-0.2, 0) is 14.4 Å². The van der Waals surface area contributed by atoms with E-state index in [-0.39, 0.29) is 42.6 Å². The Morgan fingerprint density at radius 2 is 1.78 bits per heavy atom. The first-order valence-electron chi connectivity index (χ1n) is 11.7. The number of carbonyl (C=O) groups excluding carboxylic acids is 3. The van der Waals surface area contributed by atoms with Crippen LogP contribution < -0.4 is 25.0 Å². The second kappa shape index (κ2) is 9.79. The summed E-state index contributed by atoms with van der Waals surface area (Å²) >= 11 is 0. The molecule has 2 N–H and O–H groups in total. The number of hydrogen-bond acceptors (Lipinski definition) is 5. The summed E-state index contributed by atoms with van der Waals surface area (Å²) in [6.07, 6.45) is 5.58. The highest BCUT2D eigenvalue weighted by atomic mass is 16.6. The molecular weight excluding hydrogens is 410 g/mol. The van der Waals surface area contributed by atoms with Gasteiger partial charge < -0.3 is 25.0 Å². The van der Waals surface area contributed by atoms with Crippen LogP contribution in [0.3, 0.4) is 0 Å². The minimum absolute atomic E-state index is 0.0476. The van der Waals surface area contributed by atoms with Crippen LogP contribution >= 0.6 is 0 Å². The van der Waals surface area contributed by atoms with E-state index in [1.807, 2.05) is 13.8 Å². The summed E-state index contributed by atoms with van der Waals surface area (Å²) in [6.45, 7) is 5.09. The molecule has 4 rings (SSSR count). The molecule has 2 aliphatic heterocycles. The zero-order valence-corrected chi connectivity index (χ0v) is 18.9. The van der Waals surface area contributed by atoms with Gasteiger partial charge in [-0.3, -0.25) is 14.4 Å². The van der Waals surface area contributed by atoms with Crippen molar-refractivity contribution in [3.63, 3.8) is 0 Å². The van der Waals surface area contributed by atoms with Crippen molar-refractivity contribution in [1.82, 2.24) is 10.6 Å². The number of rotatable bonds is 6. The molecule has 0 spiro atoms. The van der Waals surface area contributed by atoms with Gasteiger partial charge in [0.05, 0.1) is 5.92 Å². The molecule has 8 nitrogen and oxygen atoms in total. The summed E-state index contributed by atoms with van der Waals surface area (Å²) in [5.74, 6) is 0.213. The van der Waals surface area contributed by atoms with Gasteiger partial charge in [0.25, 0.3) is 0 Å². The predicted molar refractivity (Wildman–Crippen MR) is 120 cm³/mol. The third-order valence-electron chi connectivity index (χ3n) is 6.53. The lowest BCUT2D eigenvalue weighted by molar-refractivity contribution is -0.132. The van der Waals surface area contributed by atoms with E-state index in [4.69, 9.17) is 9.47 Å². The molecule has 1 aliphatic carbocycles. The highest BCUT2D eigenvalue weighted by Gasteiger charge is 2.37. The zero-order valence-electron chi connectivity index (χ0n) is 18.9. The van der Waals surface area contributed by atoms with Crippen LogP contribution in [-0.4, -0.2) is 49.6 Å². The van der Waals surface area contributed by atoms with Crippen molar-refractivity contribution in [2.24, 2.45) is 11.8 Å². The van der Waals surface area contributed by atoms with Crippen molar-refractivity contribution >= 4 is 23.4 Å². The van der Waals surface area contributed by atoms with Crippen molar-refractivity contribution in [3.8, 4) is 11.5 Å². The SMILES string of the molecule is CC(C)C(NC(=O)C1CC(=O)N(c2ccc3c(c2)OCCO3)C1)C(=O)NC1CCCCC1. The monoisotopic (exact) mass is 443 g/mol. The van der Waals surface area contributed by atoms with E-state index in [0.29, 0.717) is 30.4 Å². The molecule has 2 unspecified atom stereocenters. The van der Waals surface area contributed by atoms with Gasteiger partial charge >= 0.3 is 0 Å². The molecule has 0 radical (unpaired) electrons. The summed E-state index contributed by atoms with van der Waals surface area (Å²) in [6, 6.07) is 4.95. The largest absolute Gasteiger partial charge is 0.486 e. The summed E-state index contributed by atoms with van der Waals surface area (Å²) in [5, 5.41) is 6.03. The Labute approximate surface area is 189 Å². The molecule has 3 amide bonds. The van der Waals surface area contributed by atoms with Crippen LogP contribution in [0.25, 0.3) is 0 Å². The number of carbonyl (C=O) groups is 3. The second-order valence-corrected chi connectivity index (χ2v) is 9.31. The zero-order chi connectivity index (χ0) is 22.7. The van der Waals surface area contributed by atoms with Crippen LogP contribution in [0.5, 0.6) is 11.5 Å². The Bertz CT molecular complexity index is 865. The fraction of sp³-hybridized carbons (Fsp3) is 0.625. The molecule has 0 bridgehead atoms. The Morgan fingerprint density at radius 1 is 1.06 bits per heavy atom. The van der Waals surface area contributed by atoms with Crippen LogP contribution in [0.15, 0.2) is 18.2 Å². The van der Waals surface area contributed by atoms with E-state index in [9.17, 15) is 14.4 Å². The predicted octanol–water partition coefficient (Wildman–Crippen LogP) is 2.40. The third-order valence-corrected chi connectivity index (χ3v) is 6.53. The minimum Gasteiger partial charge on any atom is -0.486 e. The molecule has 2 heterocycles. The first-order valence-corrected chi connectivity index (χ1v) is 11.7. The molecule has 1 saturated carbocycles. The van der Waals surface area contributed by atoms with Gasteiger partial charge in [-0.05, 0) is 30.9 Å². The first kappa shape index (κ1) is 22.4. The number of hydrogen-bond donors (Lipinski definition) is 2. The number of anilines is 1. The smallest absolute Gasteiger partial charge is 0.243 e. The minimum atomic E-state index is -0.608. The Morgan fingerprint density at radius 3 is 2.50 bits per heavy atom. The van der Waals surface area contributed by atoms with Gasteiger partial charge in [-0.2, -0.15) is 0 Å². The van der Waals surface area contributed by atoms with Crippen molar-refractivity contribution in [3.05, 3.63) is 18.2 Å². The van der Waals surface area contributed by atoms with Crippen LogP contribution in [0.4, 0.5) is 5.69 Å². The standard InChI is InChI=1S/C24H33N3O5/c1-15(2)22(24(30)25-17-6-4-3-5-7-17)26-23(29)16-12-21(28)27(14-16)18-8-9-19-20(13-18)32-11-10-31-19/h8-9,13,15-17,22H,3-7,10-12,14H2,1-2H3,(H,25,30)(H,26,29). The Hall–Kier alpha value is -2.77. The van der Waals surface area contributed by atoms with E-state index in [1.54, 1.807) is 23.1 Å². The number of fused-ring (bicyclic) bond motifs is 1. The van der Waals surface area contributed by atoms with Crippen molar-refractivity contribution in [1.29, 1.82) is 0 Å². The third kappa shape index (κ3) is 5.00. The van der Waals surface area contributed by atoms with Gasteiger partial charge in [0.1, 0.15) is 19.3 Å². The van der Waals surface area contributed by atoms with Crippen molar-refractivity contribution in [2.45, 2.75) is 64.5 Å². The van der Waals surface area contributed by atoms with Gasteiger partial charge in [-0.15, -0.1) is 0 Å². The molecule has 0 aromatic heterocycles. The number of ether oxygens (including phenoxy) is 2. The summed E-state index contributed by atoms with van der Waals surface area (Å²) < 4.78 is 11.2. The quantitative estimate of drug-likeness (QED) is 0.704. The molecule has 8 heteroatoms. The Balaban J connectivity index is 1.38. The molecule has 2 atom stereocenters. The highest BCUT2D eigenvalue weighted by Crippen LogP contribution is 2.36. The van der Waals surface area contributed by atoms with E-state index in [2.05, 4.69) is 10.6 Å². The van der Waals surface area contributed by atoms with E-state index in [0.717, 1.165) is 25.7 Å². The van der Waals surface area contributed by atoms with Gasteiger partial charge in [0, 0.05) is 30.8 Å². The average Bonchev–Trinajstić information content (AvgIpc) is 3.19. The van der Waals surface area contributed by atoms with Gasteiger partial charge in [-0.25, -0.2) is 0 Å². The molecule has 1 aromatic rings. The van der Waals surface area contributed by atoms with Crippen molar-refractivity contribution in [2.75, 3.05) is 24.7 Å². The molecule has 1 aromatic carbocycles. The lowest BCUT2D eigenvalue weighted by Gasteiger charge is -2.28. The summed E-state index contributed by atoms with van der Waals surface area (Å²) in [4.78, 5) is 40.1. The Kier molecular flexibility index (Phi) is 6.86. The van der Waals surface area contributed by atoms with E-state index < -0.39 is 12.0 Å². The summed E-state index contributed by atoms with van der Waals surface area (Å²) in [5.41, 5.74) is 0.685. The second-order valence-electron chi connectivity index (χ2n) is 9.31. The maximum atomic E-state index is 13.0. The number of amides is 3. The molecule has 32 heavy (non-hydrogen) atoms. The average molecular weight is 444 g/mol. The molecule has 2 fully saturated rings. The summed E-state index contributed by atoms with van der Waals surface area (Å²) in [7, 11) is 0. The van der Waals surface area contributed by atoms with Gasteiger partial charge in [0.2, 0.25) is 17.7 Å². The lowest BCUT2D eigenvalue weighted by Crippen LogP contribution is -2.53. The van der Waals surface area contributed by atoms with Crippen molar-refractivity contribution < 1.29 is 23.9 Å². The van der Waals surface area contributed by atoms with Crippen LogP contribution in [0, 0.1) is 11.8 Å². The van der Waals surface area contributed by atoms with Crippen LogP contribution in [0.1, 0.15) is 52.4 Å². The molecular formula is C24H33N3O5. The highest BCUT2D eigenvalue weighted by molar-refractivity contribution is 6.01. The normalized spacial score (nSPS) is 22.0. The maximum Gasteiger partial charge on any atom is 0.243 e. The van der Waals surface area contributed by atoms with Gasteiger partial charge in [-0.1, -0.05) is 33.1 Å². The lowest BCUT2D eigenvalue weighted by atomic mass is 9.94. The van der Waals surface area contributed by atoms with E-state index in [1.165, 1.54) is 6.42 Å². The molecule has 3 aliphatic rings. The number of benzene rings is 1. The first-order chi connectivity index (χ1) is 15.4. The molecule has 1 saturated heterocycles. The van der Waals surface area contributed by atoms with E-state index >= 15 is 0 Å². The van der Waals surface area contributed by atoms with Gasteiger partial charge in [0.15, 0.2) is 11.5 Å². The maximum absolute atomic E-state index is 13.0. The fourth-order valence-electron chi connectivity index (χ4n) is 4.68. The fourth-order valence-corrected chi connectivity index (χ4v) is 4.68.